The fourth-order valence-electron chi connectivity index (χ4n) is 0.291. The van der Waals surface area contributed by atoms with Gasteiger partial charge < -0.3 is 0 Å². The molecule has 3 heteroatoms. The fourth-order valence-corrected chi connectivity index (χ4v) is 1.14. The maximum absolute atomic E-state index is 3.25. The summed E-state index contributed by atoms with van der Waals surface area (Å²) in [5, 5.41) is 1.99. The van der Waals surface area contributed by atoms with Crippen molar-refractivity contribution in [2.75, 3.05) is 0 Å². The Hall–Kier alpha value is 0.110. The third-order valence-corrected chi connectivity index (χ3v) is 1.89. The van der Waals surface area contributed by atoms with E-state index in [-0.39, 0.29) is 0 Å². The van der Waals surface area contributed by atoms with Crippen LogP contribution in [0.5, 0.6) is 0 Å². The van der Waals surface area contributed by atoms with Gasteiger partial charge in [0.15, 0.2) is 0 Å². The highest BCUT2D eigenvalue weighted by atomic mass is 79.9. The summed E-state index contributed by atoms with van der Waals surface area (Å²) in [6.45, 7) is 0. The summed E-state index contributed by atoms with van der Waals surface area (Å²) in [5.74, 6) is 0. The van der Waals surface area contributed by atoms with Gasteiger partial charge in [0.1, 0.15) is 0 Å². The van der Waals surface area contributed by atoms with E-state index in [2.05, 4.69) is 16.1 Å². The molecule has 0 amide bonds. The third-order valence-electron chi connectivity index (χ3n) is 0.555. The summed E-state index contributed by atoms with van der Waals surface area (Å²) in [6.07, 6.45) is 5.89. The van der Waals surface area contributed by atoms with E-state index in [1.54, 1.807) is 11.9 Å². The van der Waals surface area contributed by atoms with Gasteiger partial charge in [-0.2, -0.15) is 0 Å². The molecule has 38 valence electrons. The molecule has 1 aliphatic heterocycles. The Kier molecular flexibility index (Phi) is 1.82. The lowest BCUT2D eigenvalue weighted by atomic mass is 10.6. The Bertz CT molecular complexity index is 110. The molecule has 1 heterocycles. The van der Waals surface area contributed by atoms with Crippen molar-refractivity contribution in [3.63, 3.8) is 0 Å². The molecule has 1 aliphatic rings. The maximum atomic E-state index is 3.25. The van der Waals surface area contributed by atoms with Gasteiger partial charge in [-0.1, -0.05) is 6.08 Å². The number of halogens is 1. The van der Waals surface area contributed by atoms with Gasteiger partial charge in [-0.05, 0) is 23.4 Å². The molecule has 0 aromatic rings. The third kappa shape index (κ3) is 1.57. The Morgan fingerprint density at radius 1 is 1.43 bits per heavy atom. The SMILES string of the molecule is BrN1C=CC=CS1. The first kappa shape index (κ1) is 5.25. The number of hydrogen-bond acceptors (Lipinski definition) is 2. The summed E-state index contributed by atoms with van der Waals surface area (Å²) < 4.78 is 1.85. The summed E-state index contributed by atoms with van der Waals surface area (Å²) in [6, 6.07) is 0. The molecular formula is C4H4BrNS. The van der Waals surface area contributed by atoms with Crippen molar-refractivity contribution in [2.45, 2.75) is 0 Å². The molecule has 0 aliphatic carbocycles. The molecule has 7 heavy (non-hydrogen) atoms. The van der Waals surface area contributed by atoms with E-state index in [0.29, 0.717) is 0 Å². The lowest BCUT2D eigenvalue weighted by Gasteiger charge is -2.06. The van der Waals surface area contributed by atoms with Gasteiger partial charge in [0.05, 0.1) is 16.1 Å². The van der Waals surface area contributed by atoms with Crippen LogP contribution in [0.3, 0.4) is 0 Å². The maximum Gasteiger partial charge on any atom is 0.0615 e. The smallest absolute Gasteiger partial charge is 0.0615 e. The molecule has 0 bridgehead atoms. The summed E-state index contributed by atoms with van der Waals surface area (Å²) in [4.78, 5) is 0. The molecule has 0 aromatic heterocycles. The van der Waals surface area contributed by atoms with E-state index in [1.165, 1.54) is 0 Å². The Balaban J connectivity index is 2.49. The second kappa shape index (κ2) is 2.43. The zero-order chi connectivity index (χ0) is 5.11. The lowest BCUT2D eigenvalue weighted by molar-refractivity contribution is 1.08. The molecule has 1 rings (SSSR count). The monoisotopic (exact) mass is 177 g/mol. The van der Waals surface area contributed by atoms with E-state index < -0.39 is 0 Å². The molecule has 1 nitrogen and oxygen atoms in total. The van der Waals surface area contributed by atoms with Crippen molar-refractivity contribution in [3.05, 3.63) is 23.8 Å². The molecule has 0 unspecified atom stereocenters. The predicted octanol–water partition coefficient (Wildman–Crippen LogP) is 2.29. The van der Waals surface area contributed by atoms with E-state index in [0.717, 1.165) is 0 Å². The quantitative estimate of drug-likeness (QED) is 0.413. The Morgan fingerprint density at radius 2 is 2.29 bits per heavy atom. The van der Waals surface area contributed by atoms with E-state index in [4.69, 9.17) is 0 Å². The highest BCUT2D eigenvalue weighted by Gasteiger charge is 1.90. The molecule has 0 atom stereocenters. The number of allylic oxidation sites excluding steroid dienone is 2. The van der Waals surface area contributed by atoms with Crippen LogP contribution >= 0.6 is 28.1 Å². The predicted molar refractivity (Wildman–Crippen MR) is 36.6 cm³/mol. The van der Waals surface area contributed by atoms with Crippen molar-refractivity contribution in [1.29, 1.82) is 0 Å². The molecule has 0 aromatic carbocycles. The van der Waals surface area contributed by atoms with Crippen LogP contribution in [0.25, 0.3) is 0 Å². The summed E-state index contributed by atoms with van der Waals surface area (Å²) in [5.41, 5.74) is 0. The highest BCUT2D eigenvalue weighted by molar-refractivity contribution is 9.09. The first-order valence-electron chi connectivity index (χ1n) is 1.85. The van der Waals surface area contributed by atoms with E-state index in [1.807, 2.05) is 27.1 Å². The van der Waals surface area contributed by atoms with Crippen molar-refractivity contribution in [3.8, 4) is 0 Å². The van der Waals surface area contributed by atoms with Crippen molar-refractivity contribution in [1.82, 2.24) is 3.33 Å². The molecule has 0 radical (unpaired) electrons. The zero-order valence-electron chi connectivity index (χ0n) is 3.54. The Labute approximate surface area is 55.5 Å². The largest absolute Gasteiger partial charge is 0.254 e. The first-order valence-corrected chi connectivity index (χ1v) is 3.39. The van der Waals surface area contributed by atoms with Gasteiger partial charge in [0.2, 0.25) is 0 Å². The average Bonchev–Trinajstić information content (AvgIpc) is 1.69. The minimum atomic E-state index is 1.60. The lowest BCUT2D eigenvalue weighted by Crippen LogP contribution is -1.86. The molecule has 0 fully saturated rings. The normalized spacial score (nSPS) is 18.1. The average molecular weight is 178 g/mol. The van der Waals surface area contributed by atoms with Crippen LogP contribution in [-0.2, 0) is 0 Å². The van der Waals surface area contributed by atoms with Crippen LogP contribution in [0.2, 0.25) is 0 Å². The van der Waals surface area contributed by atoms with Gasteiger partial charge in [0.25, 0.3) is 0 Å². The molecular weight excluding hydrogens is 174 g/mol. The van der Waals surface area contributed by atoms with Crippen molar-refractivity contribution in [2.24, 2.45) is 0 Å². The van der Waals surface area contributed by atoms with Crippen LogP contribution in [0.15, 0.2) is 23.8 Å². The van der Waals surface area contributed by atoms with Crippen LogP contribution in [0.1, 0.15) is 0 Å². The number of hydrogen-bond donors (Lipinski definition) is 0. The summed E-state index contributed by atoms with van der Waals surface area (Å²) in [7, 11) is 0. The molecule has 0 saturated heterocycles. The number of nitrogens with zero attached hydrogens (tertiary/aromatic N) is 1. The summed E-state index contributed by atoms with van der Waals surface area (Å²) >= 11 is 4.85. The van der Waals surface area contributed by atoms with Gasteiger partial charge >= 0.3 is 0 Å². The van der Waals surface area contributed by atoms with Crippen LogP contribution in [0, 0.1) is 0 Å². The molecule has 0 spiro atoms. The zero-order valence-corrected chi connectivity index (χ0v) is 5.95. The fraction of sp³-hybridized carbons (Fsp3) is 0. The van der Waals surface area contributed by atoms with Crippen LogP contribution < -0.4 is 0 Å². The minimum absolute atomic E-state index is 1.60. The van der Waals surface area contributed by atoms with Gasteiger partial charge in [-0.15, -0.1) is 0 Å². The second-order valence-corrected chi connectivity index (χ2v) is 3.16. The standard InChI is InChI=1S/C4H4BrNS/c5-6-3-1-2-4-7-6/h1-4H. The van der Waals surface area contributed by atoms with Crippen LogP contribution in [0.4, 0.5) is 0 Å². The first-order chi connectivity index (χ1) is 3.39. The van der Waals surface area contributed by atoms with Gasteiger partial charge in [0, 0.05) is 6.20 Å². The topological polar surface area (TPSA) is 3.24 Å². The highest BCUT2D eigenvalue weighted by Crippen LogP contribution is 2.19. The van der Waals surface area contributed by atoms with Crippen molar-refractivity contribution >= 4 is 28.1 Å². The van der Waals surface area contributed by atoms with Crippen molar-refractivity contribution < 1.29 is 0 Å². The molecule has 0 N–H and O–H groups in total. The van der Waals surface area contributed by atoms with E-state index in [9.17, 15) is 0 Å². The van der Waals surface area contributed by atoms with E-state index >= 15 is 0 Å². The molecule has 0 saturated carbocycles. The Morgan fingerprint density at radius 3 is 2.57 bits per heavy atom. The van der Waals surface area contributed by atoms with Crippen LogP contribution in [-0.4, -0.2) is 3.33 Å². The number of rotatable bonds is 0. The minimum Gasteiger partial charge on any atom is -0.254 e. The van der Waals surface area contributed by atoms with Gasteiger partial charge in [-0.25, -0.2) is 0 Å². The van der Waals surface area contributed by atoms with Gasteiger partial charge in [-0.3, -0.25) is 3.33 Å². The second-order valence-electron chi connectivity index (χ2n) is 1.05.